The third-order valence-electron chi connectivity index (χ3n) is 4.78. The van der Waals surface area contributed by atoms with Crippen molar-refractivity contribution in [2.75, 3.05) is 19.6 Å². The van der Waals surface area contributed by atoms with Crippen molar-refractivity contribution in [3.63, 3.8) is 0 Å². The van der Waals surface area contributed by atoms with Gasteiger partial charge in [-0.1, -0.05) is 27.7 Å². The van der Waals surface area contributed by atoms with Crippen LogP contribution in [0.3, 0.4) is 0 Å². The fourth-order valence-electron chi connectivity index (χ4n) is 3.41. The Hall–Kier alpha value is -0.0800. The second kappa shape index (κ2) is 6.75. The molecule has 2 N–H and O–H groups in total. The number of nitrogens with zero attached hydrogens (tertiary/aromatic N) is 1. The molecule has 0 aromatic rings. The van der Waals surface area contributed by atoms with Crippen LogP contribution >= 0.6 is 0 Å². The van der Waals surface area contributed by atoms with Crippen molar-refractivity contribution in [2.24, 2.45) is 17.6 Å². The van der Waals surface area contributed by atoms with Crippen LogP contribution in [-0.4, -0.2) is 30.1 Å². The summed E-state index contributed by atoms with van der Waals surface area (Å²) < 4.78 is 0. The van der Waals surface area contributed by atoms with Gasteiger partial charge in [0, 0.05) is 12.1 Å². The third kappa shape index (κ3) is 3.45. The minimum absolute atomic E-state index is 0.304. The Morgan fingerprint density at radius 3 is 2.12 bits per heavy atom. The van der Waals surface area contributed by atoms with Gasteiger partial charge < -0.3 is 5.73 Å². The lowest BCUT2D eigenvalue weighted by Gasteiger charge is -2.49. The normalized spacial score (nSPS) is 34.2. The summed E-state index contributed by atoms with van der Waals surface area (Å²) in [6.45, 7) is 12.6. The van der Waals surface area contributed by atoms with E-state index >= 15 is 0 Å². The summed E-state index contributed by atoms with van der Waals surface area (Å²) in [4.78, 5) is 2.69. The molecule has 1 aliphatic rings. The Labute approximate surface area is 108 Å². The zero-order valence-electron chi connectivity index (χ0n) is 12.3. The van der Waals surface area contributed by atoms with E-state index in [1.165, 1.54) is 45.2 Å². The summed E-state index contributed by atoms with van der Waals surface area (Å²) in [6.07, 6.45) is 6.43. The van der Waals surface area contributed by atoms with Crippen molar-refractivity contribution in [1.29, 1.82) is 0 Å². The summed E-state index contributed by atoms with van der Waals surface area (Å²) in [5, 5.41) is 0. The fraction of sp³-hybridized carbons (Fsp3) is 1.00. The predicted molar refractivity (Wildman–Crippen MR) is 76.1 cm³/mol. The highest BCUT2D eigenvalue weighted by Crippen LogP contribution is 2.39. The van der Waals surface area contributed by atoms with Crippen molar-refractivity contribution < 1.29 is 0 Å². The Bertz CT molecular complexity index is 211. The summed E-state index contributed by atoms with van der Waals surface area (Å²) in [5.74, 6) is 1.70. The lowest BCUT2D eigenvalue weighted by atomic mass is 9.70. The minimum atomic E-state index is 0.304. The van der Waals surface area contributed by atoms with Crippen LogP contribution in [0, 0.1) is 11.8 Å². The number of rotatable bonds is 6. The molecule has 2 heteroatoms. The molecule has 0 saturated heterocycles. The monoisotopic (exact) mass is 240 g/mol. The molecule has 0 heterocycles. The third-order valence-corrected chi connectivity index (χ3v) is 4.78. The second-order valence-corrected chi connectivity index (χ2v) is 6.11. The number of hydrogen-bond donors (Lipinski definition) is 1. The van der Waals surface area contributed by atoms with Gasteiger partial charge in [0.15, 0.2) is 0 Å². The lowest BCUT2D eigenvalue weighted by molar-refractivity contribution is 0.0210. The maximum atomic E-state index is 6.17. The van der Waals surface area contributed by atoms with E-state index in [9.17, 15) is 0 Å². The van der Waals surface area contributed by atoms with Gasteiger partial charge in [-0.15, -0.1) is 0 Å². The molecule has 2 nitrogen and oxygen atoms in total. The average molecular weight is 240 g/mol. The molecule has 3 unspecified atom stereocenters. The minimum Gasteiger partial charge on any atom is -0.329 e. The van der Waals surface area contributed by atoms with Crippen LogP contribution in [0.4, 0.5) is 0 Å². The van der Waals surface area contributed by atoms with Gasteiger partial charge in [-0.05, 0) is 57.0 Å². The van der Waals surface area contributed by atoms with E-state index in [0.717, 1.165) is 18.4 Å². The highest BCUT2D eigenvalue weighted by molar-refractivity contribution is 4.97. The smallest absolute Gasteiger partial charge is 0.0334 e. The van der Waals surface area contributed by atoms with Gasteiger partial charge in [0.1, 0.15) is 0 Å². The number of hydrogen-bond acceptors (Lipinski definition) is 2. The predicted octanol–water partition coefficient (Wildman–Crippen LogP) is 3.26. The molecular weight excluding hydrogens is 208 g/mol. The highest BCUT2D eigenvalue weighted by Gasteiger charge is 2.40. The molecule has 17 heavy (non-hydrogen) atoms. The van der Waals surface area contributed by atoms with Crippen LogP contribution < -0.4 is 5.73 Å². The van der Waals surface area contributed by atoms with Crippen molar-refractivity contribution in [2.45, 2.75) is 65.3 Å². The van der Waals surface area contributed by atoms with Crippen LogP contribution in [0.15, 0.2) is 0 Å². The van der Waals surface area contributed by atoms with Gasteiger partial charge in [0.25, 0.3) is 0 Å². The van der Waals surface area contributed by atoms with Crippen molar-refractivity contribution in [1.82, 2.24) is 4.90 Å². The molecular formula is C15H32N2. The van der Waals surface area contributed by atoms with Gasteiger partial charge in [0.2, 0.25) is 0 Å². The Kier molecular flexibility index (Phi) is 5.94. The van der Waals surface area contributed by atoms with E-state index in [1.807, 2.05) is 0 Å². The zero-order valence-corrected chi connectivity index (χ0v) is 12.3. The highest BCUT2D eigenvalue weighted by atomic mass is 15.2. The van der Waals surface area contributed by atoms with E-state index in [2.05, 4.69) is 32.6 Å². The molecule has 0 aliphatic heterocycles. The zero-order chi connectivity index (χ0) is 12.9. The van der Waals surface area contributed by atoms with Gasteiger partial charge in [-0.3, -0.25) is 4.90 Å². The van der Waals surface area contributed by atoms with Crippen LogP contribution in [0.1, 0.15) is 59.8 Å². The van der Waals surface area contributed by atoms with Crippen LogP contribution in [0.25, 0.3) is 0 Å². The molecule has 0 aromatic carbocycles. The van der Waals surface area contributed by atoms with Crippen LogP contribution in [0.2, 0.25) is 0 Å². The Morgan fingerprint density at radius 1 is 1.12 bits per heavy atom. The molecule has 1 saturated carbocycles. The molecule has 0 bridgehead atoms. The first-order valence-electron chi connectivity index (χ1n) is 7.54. The molecule has 102 valence electrons. The molecule has 0 aromatic heterocycles. The molecule has 0 amide bonds. The topological polar surface area (TPSA) is 29.3 Å². The number of nitrogens with two attached hydrogens (primary N) is 1. The van der Waals surface area contributed by atoms with Crippen molar-refractivity contribution >= 4 is 0 Å². The summed E-state index contributed by atoms with van der Waals surface area (Å²) in [5.41, 5.74) is 6.47. The van der Waals surface area contributed by atoms with Gasteiger partial charge >= 0.3 is 0 Å². The molecule has 0 spiro atoms. The molecule has 1 fully saturated rings. The van der Waals surface area contributed by atoms with E-state index in [-0.39, 0.29) is 0 Å². The lowest BCUT2D eigenvalue weighted by Crippen LogP contribution is -2.57. The standard InChI is InChI=1S/C15H32N2/c1-5-9-17(10-6-2)15(12-16)8-7-13(3)14(4)11-15/h13-14H,5-12,16H2,1-4H3. The molecule has 1 aliphatic carbocycles. The molecule has 0 radical (unpaired) electrons. The SMILES string of the molecule is CCCN(CCC)C1(CN)CCC(C)C(C)C1. The van der Waals surface area contributed by atoms with Crippen LogP contribution in [0.5, 0.6) is 0 Å². The quantitative estimate of drug-likeness (QED) is 0.772. The van der Waals surface area contributed by atoms with Crippen molar-refractivity contribution in [3.8, 4) is 0 Å². The molecule has 3 atom stereocenters. The maximum absolute atomic E-state index is 6.17. The van der Waals surface area contributed by atoms with E-state index in [1.54, 1.807) is 0 Å². The van der Waals surface area contributed by atoms with E-state index < -0.39 is 0 Å². The summed E-state index contributed by atoms with van der Waals surface area (Å²) in [7, 11) is 0. The van der Waals surface area contributed by atoms with E-state index in [4.69, 9.17) is 5.73 Å². The Balaban J connectivity index is 2.77. The van der Waals surface area contributed by atoms with Gasteiger partial charge in [0.05, 0.1) is 0 Å². The summed E-state index contributed by atoms with van der Waals surface area (Å²) >= 11 is 0. The molecule has 1 rings (SSSR count). The van der Waals surface area contributed by atoms with E-state index in [0.29, 0.717) is 5.54 Å². The first-order valence-corrected chi connectivity index (χ1v) is 7.54. The van der Waals surface area contributed by atoms with Crippen LogP contribution in [-0.2, 0) is 0 Å². The fourth-order valence-corrected chi connectivity index (χ4v) is 3.41. The van der Waals surface area contributed by atoms with Gasteiger partial charge in [-0.25, -0.2) is 0 Å². The Morgan fingerprint density at radius 2 is 1.71 bits per heavy atom. The van der Waals surface area contributed by atoms with Gasteiger partial charge in [-0.2, -0.15) is 0 Å². The maximum Gasteiger partial charge on any atom is 0.0334 e. The first kappa shape index (κ1) is 15.0. The summed E-state index contributed by atoms with van der Waals surface area (Å²) in [6, 6.07) is 0. The largest absolute Gasteiger partial charge is 0.329 e. The first-order chi connectivity index (χ1) is 8.09. The second-order valence-electron chi connectivity index (χ2n) is 6.11. The average Bonchev–Trinajstić information content (AvgIpc) is 2.33. The van der Waals surface area contributed by atoms with Crippen molar-refractivity contribution in [3.05, 3.63) is 0 Å².